The van der Waals surface area contributed by atoms with Crippen molar-refractivity contribution in [1.82, 2.24) is 9.55 Å². The minimum absolute atomic E-state index is 0.0720. The van der Waals surface area contributed by atoms with Gasteiger partial charge in [-0.15, -0.1) is 0 Å². The number of rotatable bonds is 4. The molecule has 2 rings (SSSR count). The molecule has 1 aromatic rings. The number of phosphoric acid groups is 1. The number of aliphatic hydroxyl groups excluding tert-OH is 1. The van der Waals surface area contributed by atoms with Crippen LogP contribution in [0.3, 0.4) is 0 Å². The lowest BCUT2D eigenvalue weighted by Crippen LogP contribution is -2.37. The summed E-state index contributed by atoms with van der Waals surface area (Å²) in [5.74, 6) is 0. The van der Waals surface area contributed by atoms with Gasteiger partial charge in [0.2, 0.25) is 0 Å². The first-order valence-electron chi connectivity index (χ1n) is 5.79. The molecule has 4 atom stereocenters. The third-order valence-corrected chi connectivity index (χ3v) is 4.20. The summed E-state index contributed by atoms with van der Waals surface area (Å²) in [5, 5.41) is 9.70. The van der Waals surface area contributed by atoms with Gasteiger partial charge in [0.15, 0.2) is 12.4 Å². The number of hydrogen-bond acceptors (Lipinski definition) is 6. The van der Waals surface area contributed by atoms with Gasteiger partial charge in [-0.1, -0.05) is 0 Å². The zero-order valence-corrected chi connectivity index (χ0v) is 13.7. The summed E-state index contributed by atoms with van der Waals surface area (Å²) >= 11 is 1.62. The van der Waals surface area contributed by atoms with Crippen molar-refractivity contribution >= 4 is 30.4 Å². The van der Waals surface area contributed by atoms with E-state index in [0.29, 0.717) is 0 Å². The SMILES string of the molecule is O=c1cc(I)n(C2OC(COP(=O)(O)O)C(O)C2F)c(=O)[nH]1. The molecule has 0 aliphatic carbocycles. The van der Waals surface area contributed by atoms with Crippen LogP contribution in [0.15, 0.2) is 15.7 Å². The number of nitrogens with zero attached hydrogens (tertiary/aromatic N) is 1. The predicted octanol–water partition coefficient (Wildman–Crippen LogP) is -1.15. The summed E-state index contributed by atoms with van der Waals surface area (Å²) < 4.78 is 34.9. The molecule has 1 aliphatic heterocycles. The fraction of sp³-hybridized carbons (Fsp3) is 0.556. The highest BCUT2D eigenvalue weighted by molar-refractivity contribution is 14.1. The van der Waals surface area contributed by atoms with Crippen molar-refractivity contribution in [2.24, 2.45) is 0 Å². The largest absolute Gasteiger partial charge is 0.469 e. The van der Waals surface area contributed by atoms with Crippen LogP contribution in [0.2, 0.25) is 0 Å². The van der Waals surface area contributed by atoms with Gasteiger partial charge in [0.25, 0.3) is 5.56 Å². The number of halogens is 2. The summed E-state index contributed by atoms with van der Waals surface area (Å²) in [7, 11) is -4.81. The minimum atomic E-state index is -4.81. The van der Waals surface area contributed by atoms with Gasteiger partial charge in [-0.05, 0) is 22.6 Å². The fourth-order valence-electron chi connectivity index (χ4n) is 1.93. The van der Waals surface area contributed by atoms with Gasteiger partial charge in [-0.3, -0.25) is 18.9 Å². The molecule has 1 aliphatic rings. The Morgan fingerprint density at radius 3 is 2.68 bits per heavy atom. The average molecular weight is 452 g/mol. The van der Waals surface area contributed by atoms with Crippen molar-refractivity contribution in [3.63, 3.8) is 0 Å². The van der Waals surface area contributed by atoms with Crippen molar-refractivity contribution in [3.05, 3.63) is 30.6 Å². The van der Waals surface area contributed by atoms with E-state index in [1.165, 1.54) is 0 Å². The molecule has 2 heterocycles. The van der Waals surface area contributed by atoms with Crippen LogP contribution >= 0.6 is 30.4 Å². The van der Waals surface area contributed by atoms with Gasteiger partial charge in [0.1, 0.15) is 12.2 Å². The monoisotopic (exact) mass is 452 g/mol. The van der Waals surface area contributed by atoms with Gasteiger partial charge in [-0.2, -0.15) is 0 Å². The first-order chi connectivity index (χ1) is 10.1. The quantitative estimate of drug-likeness (QED) is 0.254. The molecule has 4 unspecified atom stereocenters. The van der Waals surface area contributed by atoms with Crippen LogP contribution in [0, 0.1) is 3.70 Å². The van der Waals surface area contributed by atoms with Gasteiger partial charge in [-0.25, -0.2) is 13.8 Å². The van der Waals surface area contributed by atoms with E-state index in [-0.39, 0.29) is 3.70 Å². The third kappa shape index (κ3) is 3.82. The van der Waals surface area contributed by atoms with Gasteiger partial charge < -0.3 is 19.6 Å². The molecular weight excluding hydrogens is 441 g/mol. The number of H-pyrrole nitrogens is 1. The molecule has 0 bridgehead atoms. The lowest BCUT2D eigenvalue weighted by Gasteiger charge is -2.17. The van der Waals surface area contributed by atoms with E-state index in [9.17, 15) is 23.7 Å². The second-order valence-corrected chi connectivity index (χ2v) is 6.76. The molecule has 4 N–H and O–H groups in total. The summed E-state index contributed by atoms with van der Waals surface area (Å²) in [5.41, 5.74) is -1.62. The molecule has 0 radical (unpaired) electrons. The second kappa shape index (κ2) is 6.47. The summed E-state index contributed by atoms with van der Waals surface area (Å²) in [6.45, 7) is -0.767. The van der Waals surface area contributed by atoms with Crippen LogP contribution in [0.1, 0.15) is 6.23 Å². The molecule has 22 heavy (non-hydrogen) atoms. The van der Waals surface area contributed by atoms with Gasteiger partial charge in [0, 0.05) is 6.07 Å². The predicted molar refractivity (Wildman–Crippen MR) is 76.8 cm³/mol. The normalized spacial score (nSPS) is 29.0. The van der Waals surface area contributed by atoms with Crippen LogP contribution in [0.4, 0.5) is 4.39 Å². The maximum absolute atomic E-state index is 14.1. The highest BCUT2D eigenvalue weighted by Crippen LogP contribution is 2.38. The van der Waals surface area contributed by atoms with Crippen molar-refractivity contribution in [3.8, 4) is 0 Å². The number of phosphoric ester groups is 1. The van der Waals surface area contributed by atoms with Crippen LogP contribution in [0.25, 0.3) is 0 Å². The number of ether oxygens (including phenoxy) is 1. The van der Waals surface area contributed by atoms with E-state index in [2.05, 4.69) is 4.52 Å². The standard InChI is InChI=1S/C9H11FIN2O8P/c10-6-7(15)3(2-20-22(17,18)19)21-8(6)13-4(11)1-5(14)12-9(13)16/h1,3,6-8,15H,2H2,(H,12,14,16)(H2,17,18,19). The Labute approximate surface area is 135 Å². The minimum Gasteiger partial charge on any atom is -0.387 e. The zero-order valence-electron chi connectivity index (χ0n) is 10.6. The maximum atomic E-state index is 14.1. The van der Waals surface area contributed by atoms with Crippen molar-refractivity contribution < 1.29 is 33.1 Å². The molecule has 1 aromatic heterocycles. The summed E-state index contributed by atoms with van der Waals surface area (Å²) in [4.78, 5) is 42.0. The highest BCUT2D eigenvalue weighted by atomic mass is 127. The maximum Gasteiger partial charge on any atom is 0.469 e. The molecule has 0 spiro atoms. The molecule has 1 fully saturated rings. The molecule has 0 aromatic carbocycles. The smallest absolute Gasteiger partial charge is 0.387 e. The average Bonchev–Trinajstić information content (AvgIpc) is 2.63. The van der Waals surface area contributed by atoms with Crippen LogP contribution < -0.4 is 11.2 Å². The van der Waals surface area contributed by atoms with E-state index in [1.807, 2.05) is 4.98 Å². The molecular formula is C9H11FIN2O8P. The molecule has 0 amide bonds. The zero-order chi connectivity index (χ0) is 16.7. The van der Waals surface area contributed by atoms with E-state index in [1.54, 1.807) is 22.6 Å². The molecule has 10 nitrogen and oxygen atoms in total. The number of hydrogen-bond donors (Lipinski definition) is 4. The first kappa shape index (κ1) is 17.7. The van der Waals surface area contributed by atoms with Gasteiger partial charge in [0.05, 0.1) is 10.3 Å². The Kier molecular flexibility index (Phi) is 5.21. The Morgan fingerprint density at radius 1 is 1.50 bits per heavy atom. The Morgan fingerprint density at radius 2 is 2.14 bits per heavy atom. The Balaban J connectivity index is 2.26. The highest BCUT2D eigenvalue weighted by Gasteiger charge is 2.46. The van der Waals surface area contributed by atoms with Crippen molar-refractivity contribution in [2.75, 3.05) is 6.61 Å². The Bertz CT molecular complexity index is 716. The van der Waals surface area contributed by atoms with Crippen molar-refractivity contribution in [1.29, 1.82) is 0 Å². The summed E-state index contributed by atoms with van der Waals surface area (Å²) in [6, 6.07) is 1.03. The van der Waals surface area contributed by atoms with E-state index in [0.717, 1.165) is 10.6 Å². The third-order valence-electron chi connectivity index (χ3n) is 2.88. The van der Waals surface area contributed by atoms with Crippen LogP contribution in [0.5, 0.6) is 0 Å². The lowest BCUT2D eigenvalue weighted by molar-refractivity contribution is -0.0493. The van der Waals surface area contributed by atoms with E-state index < -0.39 is 50.3 Å². The van der Waals surface area contributed by atoms with Gasteiger partial charge >= 0.3 is 13.5 Å². The summed E-state index contributed by atoms with van der Waals surface area (Å²) in [6.07, 6.45) is -6.76. The topological polar surface area (TPSA) is 151 Å². The Hall–Kier alpha value is -0.630. The molecule has 13 heteroatoms. The second-order valence-electron chi connectivity index (χ2n) is 4.42. The molecule has 0 saturated carbocycles. The first-order valence-corrected chi connectivity index (χ1v) is 8.40. The van der Waals surface area contributed by atoms with Crippen molar-refractivity contribution in [2.45, 2.75) is 24.6 Å². The number of aliphatic hydroxyl groups is 1. The molecule has 124 valence electrons. The molecule has 1 saturated heterocycles. The van der Waals surface area contributed by atoms with E-state index in [4.69, 9.17) is 14.5 Å². The number of nitrogens with one attached hydrogen (secondary N) is 1. The van der Waals surface area contributed by atoms with Crippen LogP contribution in [-0.2, 0) is 13.8 Å². The number of aromatic amines is 1. The number of alkyl halides is 1. The van der Waals surface area contributed by atoms with Crippen LogP contribution in [-0.4, -0.2) is 49.4 Å². The van der Waals surface area contributed by atoms with E-state index >= 15 is 0 Å². The number of aromatic nitrogens is 2. The lowest BCUT2D eigenvalue weighted by atomic mass is 10.1. The fourth-order valence-corrected chi connectivity index (χ4v) is 3.05.